The van der Waals surface area contributed by atoms with Crippen molar-refractivity contribution in [2.24, 2.45) is 0 Å². The molecule has 1 heterocycles. The molecule has 29 heavy (non-hydrogen) atoms. The number of fused-ring (bicyclic) bond motifs is 1. The SMILES string of the molecule is COc1ccc([C@H]2CCCC[C@H]2NC(=O)c2ccc3nc(C)[nH]c3c2)cc1OC. The van der Waals surface area contributed by atoms with Crippen LogP contribution in [0.3, 0.4) is 0 Å². The van der Waals surface area contributed by atoms with Crippen LogP contribution in [0.1, 0.15) is 53.3 Å². The molecule has 1 amide bonds. The zero-order valence-electron chi connectivity index (χ0n) is 17.1. The molecular formula is C23H27N3O3. The number of benzene rings is 2. The summed E-state index contributed by atoms with van der Waals surface area (Å²) in [5, 5.41) is 3.28. The summed E-state index contributed by atoms with van der Waals surface area (Å²) < 4.78 is 10.8. The van der Waals surface area contributed by atoms with Gasteiger partial charge in [-0.05, 0) is 55.7 Å². The lowest BCUT2D eigenvalue weighted by Gasteiger charge is -2.33. The third-order valence-corrected chi connectivity index (χ3v) is 5.78. The van der Waals surface area contributed by atoms with E-state index >= 15 is 0 Å². The number of hydrogen-bond donors (Lipinski definition) is 2. The fraction of sp³-hybridized carbons (Fsp3) is 0.391. The summed E-state index contributed by atoms with van der Waals surface area (Å²) in [7, 11) is 3.29. The van der Waals surface area contributed by atoms with Crippen LogP contribution < -0.4 is 14.8 Å². The minimum Gasteiger partial charge on any atom is -0.493 e. The molecule has 0 saturated heterocycles. The average molecular weight is 393 g/mol. The van der Waals surface area contributed by atoms with Crippen molar-refractivity contribution in [2.75, 3.05) is 14.2 Å². The lowest BCUT2D eigenvalue weighted by molar-refractivity contribution is 0.0921. The monoisotopic (exact) mass is 393 g/mol. The Kier molecular flexibility index (Phi) is 5.43. The molecule has 1 fully saturated rings. The van der Waals surface area contributed by atoms with Crippen LogP contribution in [0, 0.1) is 6.92 Å². The molecule has 2 N–H and O–H groups in total. The highest BCUT2D eigenvalue weighted by Gasteiger charge is 2.29. The van der Waals surface area contributed by atoms with Crippen molar-refractivity contribution in [1.29, 1.82) is 0 Å². The number of imidazole rings is 1. The second-order valence-corrected chi connectivity index (χ2v) is 7.64. The summed E-state index contributed by atoms with van der Waals surface area (Å²) in [6.45, 7) is 1.91. The quantitative estimate of drug-likeness (QED) is 0.676. The van der Waals surface area contributed by atoms with E-state index in [9.17, 15) is 4.79 Å². The van der Waals surface area contributed by atoms with E-state index in [0.717, 1.165) is 54.0 Å². The number of aromatic nitrogens is 2. The zero-order valence-corrected chi connectivity index (χ0v) is 17.1. The normalized spacial score (nSPS) is 19.1. The number of aryl methyl sites for hydroxylation is 1. The molecule has 4 rings (SSSR count). The van der Waals surface area contributed by atoms with Gasteiger partial charge in [-0.2, -0.15) is 0 Å². The molecule has 0 unspecified atom stereocenters. The predicted octanol–water partition coefficient (Wildman–Crippen LogP) is 4.34. The van der Waals surface area contributed by atoms with Gasteiger partial charge in [0.25, 0.3) is 5.91 Å². The highest BCUT2D eigenvalue weighted by molar-refractivity contribution is 5.97. The van der Waals surface area contributed by atoms with Crippen molar-refractivity contribution < 1.29 is 14.3 Å². The molecule has 1 aromatic heterocycles. The molecule has 6 heteroatoms. The summed E-state index contributed by atoms with van der Waals surface area (Å²) in [6.07, 6.45) is 4.29. The largest absolute Gasteiger partial charge is 0.493 e. The number of carbonyl (C=O) groups excluding carboxylic acids is 1. The van der Waals surface area contributed by atoms with Crippen LogP contribution >= 0.6 is 0 Å². The maximum absolute atomic E-state index is 13.0. The number of H-pyrrole nitrogens is 1. The topological polar surface area (TPSA) is 76.2 Å². The molecule has 0 radical (unpaired) electrons. The van der Waals surface area contributed by atoms with E-state index < -0.39 is 0 Å². The van der Waals surface area contributed by atoms with Gasteiger partial charge in [-0.15, -0.1) is 0 Å². The first-order valence-electron chi connectivity index (χ1n) is 10.1. The van der Waals surface area contributed by atoms with Crippen LogP contribution in [0.15, 0.2) is 36.4 Å². The van der Waals surface area contributed by atoms with Gasteiger partial charge in [0, 0.05) is 17.5 Å². The van der Waals surface area contributed by atoms with Gasteiger partial charge in [0.1, 0.15) is 5.82 Å². The summed E-state index contributed by atoms with van der Waals surface area (Å²) in [4.78, 5) is 20.6. The number of amides is 1. The number of methoxy groups -OCH3 is 2. The first kappa shape index (κ1) is 19.3. The van der Waals surface area contributed by atoms with E-state index in [2.05, 4.69) is 21.4 Å². The number of nitrogens with zero attached hydrogens (tertiary/aromatic N) is 1. The first-order chi connectivity index (χ1) is 14.1. The van der Waals surface area contributed by atoms with Crippen LogP contribution in [-0.4, -0.2) is 36.1 Å². The van der Waals surface area contributed by atoms with Crippen LogP contribution in [0.4, 0.5) is 0 Å². The van der Waals surface area contributed by atoms with Crippen LogP contribution in [0.2, 0.25) is 0 Å². The Labute approximate surface area is 170 Å². The van der Waals surface area contributed by atoms with E-state index in [1.165, 1.54) is 5.56 Å². The van der Waals surface area contributed by atoms with E-state index in [-0.39, 0.29) is 17.9 Å². The molecular weight excluding hydrogens is 366 g/mol. The number of ether oxygens (including phenoxy) is 2. The third-order valence-electron chi connectivity index (χ3n) is 5.78. The Morgan fingerprint density at radius 1 is 1.07 bits per heavy atom. The van der Waals surface area contributed by atoms with E-state index in [1.807, 2.05) is 37.3 Å². The fourth-order valence-electron chi connectivity index (χ4n) is 4.32. The van der Waals surface area contributed by atoms with Crippen molar-refractivity contribution in [2.45, 2.75) is 44.6 Å². The lowest BCUT2D eigenvalue weighted by atomic mass is 9.79. The third kappa shape index (κ3) is 3.92. The summed E-state index contributed by atoms with van der Waals surface area (Å²) in [5.74, 6) is 2.50. The Balaban J connectivity index is 1.56. The second kappa shape index (κ2) is 8.15. The minimum absolute atomic E-state index is 0.0449. The van der Waals surface area contributed by atoms with Gasteiger partial charge in [0.15, 0.2) is 11.5 Å². The maximum atomic E-state index is 13.0. The van der Waals surface area contributed by atoms with Crippen molar-refractivity contribution in [3.8, 4) is 11.5 Å². The van der Waals surface area contributed by atoms with Gasteiger partial charge in [-0.3, -0.25) is 4.79 Å². The number of rotatable bonds is 5. The number of nitrogens with one attached hydrogen (secondary N) is 2. The van der Waals surface area contributed by atoms with Gasteiger partial charge >= 0.3 is 0 Å². The maximum Gasteiger partial charge on any atom is 0.251 e. The van der Waals surface area contributed by atoms with Crippen molar-refractivity contribution in [1.82, 2.24) is 15.3 Å². The van der Waals surface area contributed by atoms with E-state index in [1.54, 1.807) is 14.2 Å². The molecule has 1 aliphatic carbocycles. The van der Waals surface area contributed by atoms with Crippen molar-refractivity contribution >= 4 is 16.9 Å². The number of hydrogen-bond acceptors (Lipinski definition) is 4. The van der Waals surface area contributed by atoms with E-state index in [0.29, 0.717) is 5.56 Å². The Morgan fingerprint density at radius 3 is 2.66 bits per heavy atom. The molecule has 3 aromatic rings. The highest BCUT2D eigenvalue weighted by Crippen LogP contribution is 2.37. The van der Waals surface area contributed by atoms with Crippen molar-refractivity contribution in [3.63, 3.8) is 0 Å². The molecule has 152 valence electrons. The zero-order chi connectivity index (χ0) is 20.4. The molecule has 0 spiro atoms. The van der Waals surface area contributed by atoms with Gasteiger partial charge in [0.05, 0.1) is 25.3 Å². The average Bonchev–Trinajstić information content (AvgIpc) is 3.12. The van der Waals surface area contributed by atoms with Crippen molar-refractivity contribution in [3.05, 3.63) is 53.3 Å². The Hall–Kier alpha value is -3.02. The number of carbonyl (C=O) groups is 1. The number of aromatic amines is 1. The molecule has 2 atom stereocenters. The summed E-state index contributed by atoms with van der Waals surface area (Å²) in [6, 6.07) is 11.7. The van der Waals surface area contributed by atoms with Crippen LogP contribution in [-0.2, 0) is 0 Å². The molecule has 1 aliphatic rings. The molecule has 0 bridgehead atoms. The highest BCUT2D eigenvalue weighted by atomic mass is 16.5. The molecule has 2 aromatic carbocycles. The molecule has 1 saturated carbocycles. The summed E-state index contributed by atoms with van der Waals surface area (Å²) in [5.41, 5.74) is 3.58. The fourth-order valence-corrected chi connectivity index (χ4v) is 4.32. The standard InChI is InChI=1S/C23H27N3O3/c1-14-24-19-10-8-16(12-20(19)25-14)23(27)26-18-7-5-4-6-17(18)15-9-11-21(28-2)22(13-15)29-3/h8-13,17-18H,4-7H2,1-3H3,(H,24,25)(H,26,27)/t17-,18-/m1/s1. The van der Waals surface area contributed by atoms with Gasteiger partial charge in [0.2, 0.25) is 0 Å². The van der Waals surface area contributed by atoms with E-state index in [4.69, 9.17) is 9.47 Å². The minimum atomic E-state index is -0.0449. The Morgan fingerprint density at radius 2 is 1.86 bits per heavy atom. The summed E-state index contributed by atoms with van der Waals surface area (Å²) >= 11 is 0. The predicted molar refractivity (Wildman–Crippen MR) is 113 cm³/mol. The lowest BCUT2D eigenvalue weighted by Crippen LogP contribution is -2.41. The first-order valence-corrected chi connectivity index (χ1v) is 10.1. The van der Waals surface area contributed by atoms with Gasteiger partial charge < -0.3 is 19.8 Å². The smallest absolute Gasteiger partial charge is 0.251 e. The Bertz CT molecular complexity index is 1030. The second-order valence-electron chi connectivity index (χ2n) is 7.64. The molecule has 0 aliphatic heterocycles. The van der Waals surface area contributed by atoms with Gasteiger partial charge in [-0.25, -0.2) is 4.98 Å². The van der Waals surface area contributed by atoms with Crippen LogP contribution in [0.5, 0.6) is 11.5 Å². The molecule has 6 nitrogen and oxygen atoms in total. The van der Waals surface area contributed by atoms with Crippen LogP contribution in [0.25, 0.3) is 11.0 Å². The van der Waals surface area contributed by atoms with Gasteiger partial charge in [-0.1, -0.05) is 18.9 Å².